The maximum Gasteiger partial charge on any atom is 0.407 e. The van der Waals surface area contributed by atoms with Gasteiger partial charge in [0, 0.05) is 12.5 Å². The number of benzene rings is 2. The van der Waals surface area contributed by atoms with Crippen molar-refractivity contribution in [1.29, 1.82) is 0 Å². The highest BCUT2D eigenvalue weighted by atomic mass is 16.5. The summed E-state index contributed by atoms with van der Waals surface area (Å²) in [5, 5.41) is 2.86. The Balaban J connectivity index is 1.55. The lowest BCUT2D eigenvalue weighted by Gasteiger charge is -2.19. The lowest BCUT2D eigenvalue weighted by atomic mass is 9.88. The minimum absolute atomic E-state index is 0.100. The summed E-state index contributed by atoms with van der Waals surface area (Å²) in [5.41, 5.74) is 5.04. The third kappa shape index (κ3) is 3.98. The van der Waals surface area contributed by atoms with Gasteiger partial charge in [-0.3, -0.25) is 0 Å². The van der Waals surface area contributed by atoms with E-state index in [0.29, 0.717) is 13.2 Å². The monoisotopic (exact) mass is 349 g/mol. The fraction of sp³-hybridized carbons (Fsp3) is 0.348. The van der Waals surface area contributed by atoms with Gasteiger partial charge in [0.1, 0.15) is 6.61 Å². The molecule has 1 N–H and O–H groups in total. The van der Waals surface area contributed by atoms with Crippen molar-refractivity contribution in [2.75, 3.05) is 13.2 Å². The molecule has 0 saturated heterocycles. The summed E-state index contributed by atoms with van der Waals surface area (Å²) in [4.78, 5) is 12.1. The molecule has 1 aliphatic carbocycles. The Bertz CT molecular complexity index is 749. The molecule has 3 rings (SSSR count). The number of allylic oxidation sites excluding steroid dienone is 1. The Morgan fingerprint density at radius 3 is 2.27 bits per heavy atom. The van der Waals surface area contributed by atoms with Crippen molar-refractivity contribution >= 4 is 6.09 Å². The highest BCUT2D eigenvalue weighted by molar-refractivity contribution is 5.79. The molecule has 1 amide bonds. The second kappa shape index (κ2) is 7.77. The largest absolute Gasteiger partial charge is 0.449 e. The molecule has 0 heterocycles. The minimum Gasteiger partial charge on any atom is -0.449 e. The van der Waals surface area contributed by atoms with Crippen LogP contribution in [0.5, 0.6) is 0 Å². The average molecular weight is 349 g/mol. The van der Waals surface area contributed by atoms with E-state index >= 15 is 0 Å². The van der Waals surface area contributed by atoms with Gasteiger partial charge in [-0.25, -0.2) is 4.79 Å². The first-order valence-electron chi connectivity index (χ1n) is 9.24. The molecule has 0 radical (unpaired) electrons. The zero-order valence-corrected chi connectivity index (χ0v) is 15.6. The van der Waals surface area contributed by atoms with E-state index in [2.05, 4.69) is 62.1 Å². The molecular weight excluding hydrogens is 322 g/mol. The van der Waals surface area contributed by atoms with Gasteiger partial charge >= 0.3 is 6.09 Å². The van der Waals surface area contributed by atoms with E-state index in [1.807, 2.05) is 18.2 Å². The molecule has 2 aromatic carbocycles. The molecule has 3 heteroatoms. The smallest absolute Gasteiger partial charge is 0.407 e. The molecule has 1 aliphatic rings. The van der Waals surface area contributed by atoms with Crippen LogP contribution in [0.3, 0.4) is 0 Å². The summed E-state index contributed by atoms with van der Waals surface area (Å²) in [6, 6.07) is 16.7. The number of amides is 1. The Labute approximate surface area is 156 Å². The first-order valence-corrected chi connectivity index (χ1v) is 9.24. The average Bonchev–Trinajstić information content (AvgIpc) is 2.98. The molecule has 0 spiro atoms. The number of alkyl carbamates (subject to hydrolysis) is 1. The van der Waals surface area contributed by atoms with Crippen LogP contribution in [0.25, 0.3) is 11.1 Å². The number of carbonyl (C=O) groups excluding carboxylic acids is 1. The fourth-order valence-electron chi connectivity index (χ4n) is 3.49. The molecule has 0 saturated carbocycles. The van der Waals surface area contributed by atoms with Crippen LogP contribution >= 0.6 is 0 Å². The Morgan fingerprint density at radius 2 is 1.69 bits per heavy atom. The first-order chi connectivity index (χ1) is 12.5. The van der Waals surface area contributed by atoms with Crippen molar-refractivity contribution in [2.24, 2.45) is 5.41 Å². The van der Waals surface area contributed by atoms with Crippen LogP contribution in [0.1, 0.15) is 43.7 Å². The summed E-state index contributed by atoms with van der Waals surface area (Å²) >= 11 is 0. The zero-order chi connectivity index (χ0) is 18.6. The third-order valence-corrected chi connectivity index (χ3v) is 5.16. The van der Waals surface area contributed by atoms with Crippen molar-refractivity contribution in [2.45, 2.75) is 32.6 Å². The summed E-state index contributed by atoms with van der Waals surface area (Å²) in [5.74, 6) is 0.104. The molecule has 0 fully saturated rings. The maximum atomic E-state index is 12.1. The number of fused-ring (bicyclic) bond motifs is 3. The van der Waals surface area contributed by atoms with Gasteiger partial charge in [0.2, 0.25) is 0 Å². The molecule has 26 heavy (non-hydrogen) atoms. The van der Waals surface area contributed by atoms with Crippen LogP contribution in [0.15, 0.2) is 61.2 Å². The summed E-state index contributed by atoms with van der Waals surface area (Å²) in [7, 11) is 0. The normalized spacial score (nSPS) is 13.0. The molecule has 0 aliphatic heterocycles. The zero-order valence-electron chi connectivity index (χ0n) is 15.6. The van der Waals surface area contributed by atoms with Crippen LogP contribution in [-0.2, 0) is 4.74 Å². The van der Waals surface area contributed by atoms with Crippen LogP contribution in [-0.4, -0.2) is 19.2 Å². The van der Waals surface area contributed by atoms with Crippen molar-refractivity contribution in [3.63, 3.8) is 0 Å². The molecule has 3 nitrogen and oxygen atoms in total. The molecule has 0 bridgehead atoms. The topological polar surface area (TPSA) is 38.3 Å². The SMILES string of the molecule is C=CC(C)(C)CCCNC(=O)OCC1c2ccccc2-c2ccccc21. The highest BCUT2D eigenvalue weighted by Crippen LogP contribution is 2.44. The number of hydrogen-bond donors (Lipinski definition) is 1. The van der Waals surface area contributed by atoms with Gasteiger partial charge in [0.05, 0.1) is 0 Å². The number of ether oxygens (including phenoxy) is 1. The second-order valence-corrected chi connectivity index (χ2v) is 7.55. The maximum absolute atomic E-state index is 12.1. The van der Waals surface area contributed by atoms with Gasteiger partial charge in [0.15, 0.2) is 0 Å². The number of carbonyl (C=O) groups is 1. The number of rotatable bonds is 7. The van der Waals surface area contributed by atoms with E-state index in [1.165, 1.54) is 22.3 Å². The summed E-state index contributed by atoms with van der Waals surface area (Å²) in [6.07, 6.45) is 3.51. The Kier molecular flexibility index (Phi) is 5.46. The van der Waals surface area contributed by atoms with Gasteiger partial charge in [-0.1, -0.05) is 68.5 Å². The predicted molar refractivity (Wildman–Crippen MR) is 106 cm³/mol. The van der Waals surface area contributed by atoms with Crippen LogP contribution in [0, 0.1) is 5.41 Å². The van der Waals surface area contributed by atoms with Crippen molar-refractivity contribution in [1.82, 2.24) is 5.32 Å². The van der Waals surface area contributed by atoms with Crippen LogP contribution < -0.4 is 5.32 Å². The molecule has 2 aromatic rings. The number of hydrogen-bond acceptors (Lipinski definition) is 2. The highest BCUT2D eigenvalue weighted by Gasteiger charge is 2.28. The van der Waals surface area contributed by atoms with Gasteiger partial charge in [-0.05, 0) is 40.5 Å². The lowest BCUT2D eigenvalue weighted by Crippen LogP contribution is -2.27. The van der Waals surface area contributed by atoms with E-state index in [-0.39, 0.29) is 17.4 Å². The van der Waals surface area contributed by atoms with Crippen molar-refractivity contribution < 1.29 is 9.53 Å². The fourth-order valence-corrected chi connectivity index (χ4v) is 3.49. The summed E-state index contributed by atoms with van der Waals surface area (Å²) in [6.45, 7) is 9.11. The molecule has 0 aromatic heterocycles. The van der Waals surface area contributed by atoms with Crippen molar-refractivity contribution in [3.8, 4) is 11.1 Å². The lowest BCUT2D eigenvalue weighted by molar-refractivity contribution is 0.142. The van der Waals surface area contributed by atoms with E-state index < -0.39 is 0 Å². The Hall–Kier alpha value is -2.55. The van der Waals surface area contributed by atoms with E-state index in [4.69, 9.17) is 4.74 Å². The minimum atomic E-state index is -0.344. The van der Waals surface area contributed by atoms with Gasteiger partial charge in [0.25, 0.3) is 0 Å². The van der Waals surface area contributed by atoms with Crippen LogP contribution in [0.2, 0.25) is 0 Å². The second-order valence-electron chi connectivity index (χ2n) is 7.55. The standard InChI is InChI=1S/C23H27NO2/c1-4-23(2,3)14-9-15-24-22(25)26-16-21-19-12-7-5-10-17(19)18-11-6-8-13-20(18)21/h4-8,10-13,21H,1,9,14-16H2,2-3H3,(H,24,25). The predicted octanol–water partition coefficient (Wildman–Crippen LogP) is 5.52. The number of nitrogens with one attached hydrogen (secondary N) is 1. The molecule has 0 unspecified atom stereocenters. The van der Waals surface area contributed by atoms with Gasteiger partial charge < -0.3 is 10.1 Å². The molecular formula is C23H27NO2. The Morgan fingerprint density at radius 1 is 1.12 bits per heavy atom. The quantitative estimate of drug-likeness (QED) is 0.528. The molecule has 136 valence electrons. The van der Waals surface area contributed by atoms with Crippen molar-refractivity contribution in [3.05, 3.63) is 72.3 Å². The third-order valence-electron chi connectivity index (χ3n) is 5.16. The van der Waals surface area contributed by atoms with Gasteiger partial charge in [-0.2, -0.15) is 0 Å². The molecule has 0 atom stereocenters. The van der Waals surface area contributed by atoms with Crippen LogP contribution in [0.4, 0.5) is 4.79 Å². The van der Waals surface area contributed by atoms with E-state index in [9.17, 15) is 4.79 Å². The van der Waals surface area contributed by atoms with E-state index in [0.717, 1.165) is 12.8 Å². The summed E-state index contributed by atoms with van der Waals surface area (Å²) < 4.78 is 5.53. The van der Waals surface area contributed by atoms with Gasteiger partial charge in [-0.15, -0.1) is 6.58 Å². The van der Waals surface area contributed by atoms with E-state index in [1.54, 1.807) is 0 Å². The first kappa shape index (κ1) is 18.2.